The van der Waals surface area contributed by atoms with Crippen molar-refractivity contribution >= 4 is 43.4 Å². The van der Waals surface area contributed by atoms with Crippen molar-refractivity contribution in [3.05, 3.63) is 16.0 Å². The molecule has 1 aromatic rings. The van der Waals surface area contributed by atoms with E-state index in [0.29, 0.717) is 4.60 Å². The Morgan fingerprint density at radius 3 is 2.86 bits per heavy atom. The number of hydrogen-bond donors (Lipinski definition) is 1. The second kappa shape index (κ2) is 4.41. The van der Waals surface area contributed by atoms with E-state index in [1.807, 2.05) is 0 Å². The summed E-state index contributed by atoms with van der Waals surface area (Å²) in [5.74, 6) is -0.0137. The lowest BCUT2D eigenvalue weighted by Gasteiger charge is -2.05. The largest absolute Gasteiger partial charge is 0.265 e. The van der Waals surface area contributed by atoms with Crippen molar-refractivity contribution in [3.63, 3.8) is 0 Å². The van der Waals surface area contributed by atoms with Gasteiger partial charge in [0.1, 0.15) is 4.60 Å². The predicted octanol–water partition coefficient (Wildman–Crippen LogP) is 1.65. The number of halogens is 2. The summed E-state index contributed by atoms with van der Waals surface area (Å²) in [4.78, 5) is 7.56. The monoisotopic (exact) mass is 299 g/mol. The summed E-state index contributed by atoms with van der Waals surface area (Å²) < 4.78 is 25.0. The Labute approximate surface area is 95.1 Å². The van der Waals surface area contributed by atoms with E-state index in [9.17, 15) is 8.42 Å². The third-order valence-electron chi connectivity index (χ3n) is 1.33. The fraction of sp³-hybridized carbons (Fsp3) is 0.333. The van der Waals surface area contributed by atoms with Crippen LogP contribution in [0.4, 0.5) is 5.82 Å². The minimum atomic E-state index is -3.37. The molecule has 1 aromatic heterocycles. The van der Waals surface area contributed by atoms with Crippen molar-refractivity contribution in [2.24, 2.45) is 0 Å². The first-order valence-corrected chi connectivity index (χ1v) is 6.45. The van der Waals surface area contributed by atoms with E-state index in [-0.39, 0.29) is 16.7 Å². The van der Waals surface area contributed by atoms with Gasteiger partial charge in [-0.1, -0.05) is 11.6 Å². The maximum absolute atomic E-state index is 11.2. The van der Waals surface area contributed by atoms with Crippen LogP contribution in [0.3, 0.4) is 0 Å². The first-order chi connectivity index (χ1) is 6.44. The number of aromatic nitrogens is 2. The fourth-order valence-corrected chi connectivity index (χ4v) is 1.69. The van der Waals surface area contributed by atoms with E-state index in [1.165, 1.54) is 13.1 Å². The topological polar surface area (TPSA) is 72.0 Å². The molecule has 0 atom stereocenters. The molecule has 1 heterocycles. The number of nitrogens with zero attached hydrogens (tertiary/aromatic N) is 2. The first-order valence-electron chi connectivity index (χ1n) is 3.63. The van der Waals surface area contributed by atoms with Gasteiger partial charge in [0, 0.05) is 0 Å². The van der Waals surface area contributed by atoms with Gasteiger partial charge < -0.3 is 0 Å². The van der Waals surface area contributed by atoms with Crippen LogP contribution >= 0.6 is 27.5 Å². The zero-order valence-corrected chi connectivity index (χ0v) is 10.3. The molecule has 0 fully saturated rings. The van der Waals surface area contributed by atoms with Gasteiger partial charge in [-0.25, -0.2) is 18.4 Å². The molecule has 8 heteroatoms. The summed E-state index contributed by atoms with van der Waals surface area (Å²) >= 11 is 8.70. The summed E-state index contributed by atoms with van der Waals surface area (Å²) in [5.41, 5.74) is 0. The number of hydrogen-bond acceptors (Lipinski definition) is 4. The van der Waals surface area contributed by atoms with Crippen LogP contribution in [0.25, 0.3) is 0 Å². The number of nitrogens with one attached hydrogen (secondary N) is 1. The Morgan fingerprint density at radius 1 is 1.64 bits per heavy atom. The highest BCUT2D eigenvalue weighted by Gasteiger charge is 2.11. The number of anilines is 1. The van der Waals surface area contributed by atoms with Gasteiger partial charge >= 0.3 is 0 Å². The molecule has 0 aliphatic carbocycles. The summed E-state index contributed by atoms with van der Waals surface area (Å²) in [5, 5.41) is 0.0187. The SMILES string of the molecule is CCS(=O)(=O)Nc1nc(Br)cnc1Cl. The molecule has 0 bridgehead atoms. The molecule has 0 unspecified atom stereocenters. The molecule has 0 aromatic carbocycles. The zero-order valence-electron chi connectivity index (χ0n) is 7.16. The lowest BCUT2D eigenvalue weighted by molar-refractivity contribution is 0.602. The van der Waals surface area contributed by atoms with Crippen molar-refractivity contribution in [1.29, 1.82) is 0 Å². The summed E-state index contributed by atoms with van der Waals surface area (Å²) in [6.45, 7) is 1.52. The van der Waals surface area contributed by atoms with Crippen LogP contribution in [0.1, 0.15) is 6.92 Å². The van der Waals surface area contributed by atoms with Crippen LogP contribution in [0.5, 0.6) is 0 Å². The molecule has 0 amide bonds. The summed E-state index contributed by atoms with van der Waals surface area (Å²) in [6, 6.07) is 0. The van der Waals surface area contributed by atoms with Crippen LogP contribution in [0.15, 0.2) is 10.8 Å². The normalized spacial score (nSPS) is 11.4. The molecule has 1 rings (SSSR count). The summed E-state index contributed by atoms with van der Waals surface area (Å²) in [7, 11) is -3.37. The van der Waals surface area contributed by atoms with E-state index < -0.39 is 10.0 Å². The average molecular weight is 301 g/mol. The second-order valence-electron chi connectivity index (χ2n) is 2.34. The van der Waals surface area contributed by atoms with Crippen molar-refractivity contribution in [3.8, 4) is 0 Å². The highest BCUT2D eigenvalue weighted by Crippen LogP contribution is 2.19. The Balaban J connectivity index is 3.03. The molecule has 5 nitrogen and oxygen atoms in total. The van der Waals surface area contributed by atoms with Gasteiger partial charge in [-0.05, 0) is 22.9 Å². The lowest BCUT2D eigenvalue weighted by Crippen LogP contribution is -2.16. The van der Waals surface area contributed by atoms with Crippen LogP contribution < -0.4 is 4.72 Å². The molecule has 0 aliphatic rings. The molecule has 0 saturated heterocycles. The third-order valence-corrected chi connectivity index (χ3v) is 3.25. The quantitative estimate of drug-likeness (QED) is 0.921. The molecule has 0 radical (unpaired) electrons. The van der Waals surface area contributed by atoms with Crippen LogP contribution in [-0.2, 0) is 10.0 Å². The molecule has 0 aliphatic heterocycles. The molecule has 1 N–H and O–H groups in total. The molecule has 0 spiro atoms. The molecule has 0 saturated carbocycles. The van der Waals surface area contributed by atoms with E-state index in [2.05, 4.69) is 30.6 Å². The van der Waals surface area contributed by atoms with Gasteiger partial charge in [0.2, 0.25) is 10.0 Å². The Kier molecular flexibility index (Phi) is 3.68. The Morgan fingerprint density at radius 2 is 2.29 bits per heavy atom. The third kappa shape index (κ3) is 3.07. The van der Waals surface area contributed by atoms with E-state index in [1.54, 1.807) is 0 Å². The van der Waals surface area contributed by atoms with Crippen molar-refractivity contribution in [2.75, 3.05) is 10.5 Å². The van der Waals surface area contributed by atoms with Crippen LogP contribution in [-0.4, -0.2) is 24.1 Å². The number of rotatable bonds is 3. The van der Waals surface area contributed by atoms with Gasteiger partial charge in [-0.15, -0.1) is 0 Å². The highest BCUT2D eigenvalue weighted by molar-refractivity contribution is 9.10. The minimum absolute atomic E-state index is 0.0187. The Hall–Kier alpha value is -0.400. The van der Waals surface area contributed by atoms with Gasteiger partial charge in [0.15, 0.2) is 11.0 Å². The molecule has 78 valence electrons. The maximum atomic E-state index is 11.2. The van der Waals surface area contributed by atoms with Crippen molar-refractivity contribution in [2.45, 2.75) is 6.92 Å². The smallest absolute Gasteiger partial charge is 0.233 e. The summed E-state index contributed by atoms with van der Waals surface area (Å²) in [6.07, 6.45) is 1.38. The standard InChI is InChI=1S/C6H7BrClN3O2S/c1-2-14(12,13)11-6-5(8)9-3-4(7)10-6/h3H,2H2,1H3,(H,10,11). The maximum Gasteiger partial charge on any atom is 0.233 e. The predicted molar refractivity (Wildman–Crippen MR) is 57.8 cm³/mol. The van der Waals surface area contributed by atoms with Gasteiger partial charge in [-0.3, -0.25) is 4.72 Å². The fourth-order valence-electron chi connectivity index (χ4n) is 0.637. The number of sulfonamides is 1. The van der Waals surface area contributed by atoms with E-state index in [4.69, 9.17) is 11.6 Å². The Bertz CT molecular complexity index is 437. The van der Waals surface area contributed by atoms with E-state index >= 15 is 0 Å². The van der Waals surface area contributed by atoms with Gasteiger partial charge in [0.05, 0.1) is 11.9 Å². The van der Waals surface area contributed by atoms with E-state index in [0.717, 1.165) is 0 Å². The average Bonchev–Trinajstić information content (AvgIpc) is 2.11. The van der Waals surface area contributed by atoms with Gasteiger partial charge in [0.25, 0.3) is 0 Å². The van der Waals surface area contributed by atoms with Crippen molar-refractivity contribution < 1.29 is 8.42 Å². The second-order valence-corrected chi connectivity index (χ2v) is 5.52. The molecular formula is C6H7BrClN3O2S. The first kappa shape index (κ1) is 11.7. The highest BCUT2D eigenvalue weighted by atomic mass is 79.9. The van der Waals surface area contributed by atoms with Crippen molar-refractivity contribution in [1.82, 2.24) is 9.97 Å². The zero-order chi connectivity index (χ0) is 10.8. The molecular weight excluding hydrogens is 294 g/mol. The lowest BCUT2D eigenvalue weighted by atomic mass is 10.7. The van der Waals surface area contributed by atoms with Crippen LogP contribution in [0.2, 0.25) is 5.15 Å². The minimum Gasteiger partial charge on any atom is -0.265 e. The van der Waals surface area contributed by atoms with Gasteiger partial charge in [-0.2, -0.15) is 0 Å². The van der Waals surface area contributed by atoms with Crippen LogP contribution in [0, 0.1) is 0 Å². The molecule has 14 heavy (non-hydrogen) atoms.